The molecule has 4 heteroatoms. The lowest BCUT2D eigenvalue weighted by Crippen LogP contribution is -2.49. The molecule has 4 N–H and O–H groups in total. The molecular formula is C16H18N4. The third kappa shape index (κ3) is 2.04. The highest BCUT2D eigenvalue weighted by molar-refractivity contribution is 5.74. The van der Waals surface area contributed by atoms with Gasteiger partial charge in [0.1, 0.15) is 0 Å². The van der Waals surface area contributed by atoms with Crippen molar-refractivity contribution in [3.8, 4) is 0 Å². The average Bonchev–Trinajstić information content (AvgIpc) is 2.96. The van der Waals surface area contributed by atoms with Crippen molar-refractivity contribution in [2.24, 2.45) is 5.73 Å². The fourth-order valence-corrected chi connectivity index (χ4v) is 2.83. The summed E-state index contributed by atoms with van der Waals surface area (Å²) in [5.74, 6) is 0.0544. The molecule has 2 aromatic rings. The molecule has 0 aliphatic carbocycles. The van der Waals surface area contributed by atoms with Gasteiger partial charge in [0.2, 0.25) is 5.96 Å². The van der Waals surface area contributed by atoms with Crippen LogP contribution in [0.5, 0.6) is 0 Å². The second-order valence-electron chi connectivity index (χ2n) is 5.04. The first-order valence-corrected chi connectivity index (χ1v) is 6.73. The van der Waals surface area contributed by atoms with Crippen molar-refractivity contribution in [1.29, 1.82) is 5.41 Å². The number of benzene rings is 2. The van der Waals surface area contributed by atoms with Crippen molar-refractivity contribution in [3.63, 3.8) is 0 Å². The molecule has 0 saturated carbocycles. The molecule has 20 heavy (non-hydrogen) atoms. The van der Waals surface area contributed by atoms with E-state index < -0.39 is 0 Å². The summed E-state index contributed by atoms with van der Waals surface area (Å²) in [7, 11) is 0. The number of rotatable bonds is 2. The largest absolute Gasteiger partial charge is 0.369 e. The Morgan fingerprint density at radius 2 is 1.50 bits per heavy atom. The fourth-order valence-electron chi connectivity index (χ4n) is 2.83. The Kier molecular flexibility index (Phi) is 3.16. The molecule has 0 unspecified atom stereocenters. The van der Waals surface area contributed by atoms with Gasteiger partial charge in [0.05, 0.1) is 5.54 Å². The highest BCUT2D eigenvalue weighted by Crippen LogP contribution is 2.36. The Hall–Kier alpha value is -2.33. The predicted octanol–water partition coefficient (Wildman–Crippen LogP) is 2.03. The molecule has 102 valence electrons. The molecule has 3 rings (SSSR count). The second kappa shape index (κ2) is 4.98. The van der Waals surface area contributed by atoms with E-state index in [0.717, 1.165) is 13.0 Å². The molecule has 4 nitrogen and oxygen atoms in total. The normalized spacial score (nSPS) is 17.1. The molecule has 0 atom stereocenters. The quantitative estimate of drug-likeness (QED) is 0.575. The van der Waals surface area contributed by atoms with Gasteiger partial charge in [-0.2, -0.15) is 0 Å². The Labute approximate surface area is 118 Å². The SMILES string of the molecule is N=C(N)N1CCC(c2ccccc2)(c2ccccc2)N1. The summed E-state index contributed by atoms with van der Waals surface area (Å²) in [6.45, 7) is 0.721. The van der Waals surface area contributed by atoms with E-state index in [1.807, 2.05) is 36.4 Å². The van der Waals surface area contributed by atoms with Crippen LogP contribution in [0.25, 0.3) is 0 Å². The Morgan fingerprint density at radius 3 is 1.90 bits per heavy atom. The van der Waals surface area contributed by atoms with Crippen LogP contribution in [0, 0.1) is 5.41 Å². The second-order valence-corrected chi connectivity index (χ2v) is 5.04. The van der Waals surface area contributed by atoms with Gasteiger partial charge in [-0.3, -0.25) is 10.4 Å². The molecule has 0 spiro atoms. The number of hydrogen-bond acceptors (Lipinski definition) is 2. The lowest BCUT2D eigenvalue weighted by molar-refractivity contribution is 0.315. The maximum absolute atomic E-state index is 7.63. The van der Waals surface area contributed by atoms with Gasteiger partial charge in [-0.25, -0.2) is 5.43 Å². The van der Waals surface area contributed by atoms with Gasteiger partial charge in [-0.05, 0) is 17.5 Å². The van der Waals surface area contributed by atoms with Crippen molar-refractivity contribution in [2.45, 2.75) is 12.0 Å². The molecular weight excluding hydrogens is 248 g/mol. The van der Waals surface area contributed by atoms with E-state index in [2.05, 4.69) is 29.7 Å². The van der Waals surface area contributed by atoms with Crippen LogP contribution >= 0.6 is 0 Å². The minimum atomic E-state index is -0.311. The van der Waals surface area contributed by atoms with E-state index in [-0.39, 0.29) is 11.5 Å². The summed E-state index contributed by atoms with van der Waals surface area (Å²) >= 11 is 0. The molecule has 1 heterocycles. The first kappa shape index (κ1) is 12.7. The lowest BCUT2D eigenvalue weighted by Gasteiger charge is -2.32. The summed E-state index contributed by atoms with van der Waals surface area (Å²) in [4.78, 5) is 0. The number of guanidine groups is 1. The van der Waals surface area contributed by atoms with Crippen LogP contribution in [0.15, 0.2) is 60.7 Å². The summed E-state index contributed by atoms with van der Waals surface area (Å²) in [6.07, 6.45) is 0.876. The van der Waals surface area contributed by atoms with E-state index in [0.29, 0.717) is 0 Å². The van der Waals surface area contributed by atoms with Crippen LogP contribution in [-0.2, 0) is 5.54 Å². The zero-order valence-corrected chi connectivity index (χ0v) is 11.2. The topological polar surface area (TPSA) is 65.1 Å². The molecule has 1 fully saturated rings. The minimum absolute atomic E-state index is 0.0544. The number of hydrazine groups is 1. The Bertz CT molecular complexity index is 555. The standard InChI is InChI=1S/C16H18N4/c17-15(18)20-12-11-16(19-20,13-7-3-1-4-8-13)14-9-5-2-6-10-14/h1-10,19H,11-12H2,(H3,17,18). The average molecular weight is 266 g/mol. The lowest BCUT2D eigenvalue weighted by atomic mass is 9.82. The van der Waals surface area contributed by atoms with Crippen LogP contribution in [0.1, 0.15) is 17.5 Å². The molecule has 1 aliphatic rings. The fraction of sp³-hybridized carbons (Fsp3) is 0.188. The molecule has 2 aromatic carbocycles. The van der Waals surface area contributed by atoms with Gasteiger partial charge >= 0.3 is 0 Å². The summed E-state index contributed by atoms with van der Waals surface area (Å²) < 4.78 is 0. The highest BCUT2D eigenvalue weighted by atomic mass is 15.6. The molecule has 1 aliphatic heterocycles. The number of nitrogens with two attached hydrogens (primary N) is 1. The van der Waals surface area contributed by atoms with E-state index in [1.54, 1.807) is 5.01 Å². The van der Waals surface area contributed by atoms with E-state index in [4.69, 9.17) is 11.1 Å². The van der Waals surface area contributed by atoms with Crippen LogP contribution in [-0.4, -0.2) is 17.5 Å². The minimum Gasteiger partial charge on any atom is -0.369 e. The summed E-state index contributed by atoms with van der Waals surface area (Å²) in [5.41, 5.74) is 11.1. The van der Waals surface area contributed by atoms with E-state index in [9.17, 15) is 0 Å². The third-order valence-electron chi connectivity index (χ3n) is 3.86. The van der Waals surface area contributed by atoms with E-state index in [1.165, 1.54) is 11.1 Å². The highest BCUT2D eigenvalue weighted by Gasteiger charge is 2.41. The Balaban J connectivity index is 2.08. The van der Waals surface area contributed by atoms with Gasteiger partial charge in [0, 0.05) is 6.54 Å². The number of nitrogens with one attached hydrogen (secondary N) is 2. The third-order valence-corrected chi connectivity index (χ3v) is 3.86. The molecule has 0 amide bonds. The Morgan fingerprint density at radius 1 is 1.00 bits per heavy atom. The molecule has 0 bridgehead atoms. The molecule has 1 saturated heterocycles. The van der Waals surface area contributed by atoms with Gasteiger partial charge < -0.3 is 5.73 Å². The number of nitrogens with zero attached hydrogens (tertiary/aromatic N) is 1. The zero-order valence-electron chi connectivity index (χ0n) is 11.2. The van der Waals surface area contributed by atoms with Crippen LogP contribution < -0.4 is 11.2 Å². The van der Waals surface area contributed by atoms with Gasteiger partial charge in [0.15, 0.2) is 0 Å². The molecule has 0 aromatic heterocycles. The van der Waals surface area contributed by atoms with Crippen molar-refractivity contribution >= 4 is 5.96 Å². The van der Waals surface area contributed by atoms with Crippen LogP contribution in [0.2, 0.25) is 0 Å². The summed E-state index contributed by atoms with van der Waals surface area (Å²) in [6, 6.07) is 20.6. The van der Waals surface area contributed by atoms with Gasteiger partial charge in [0.25, 0.3) is 0 Å². The number of hydrogen-bond donors (Lipinski definition) is 3. The van der Waals surface area contributed by atoms with Crippen LogP contribution in [0.3, 0.4) is 0 Å². The smallest absolute Gasteiger partial charge is 0.203 e. The predicted molar refractivity (Wildman–Crippen MR) is 80.0 cm³/mol. The zero-order chi connectivity index (χ0) is 14.0. The van der Waals surface area contributed by atoms with Crippen molar-refractivity contribution in [1.82, 2.24) is 10.4 Å². The first-order chi connectivity index (χ1) is 9.72. The van der Waals surface area contributed by atoms with Crippen molar-refractivity contribution in [2.75, 3.05) is 6.54 Å². The van der Waals surface area contributed by atoms with Crippen molar-refractivity contribution < 1.29 is 0 Å². The maximum atomic E-state index is 7.63. The first-order valence-electron chi connectivity index (χ1n) is 6.73. The van der Waals surface area contributed by atoms with Crippen LogP contribution in [0.4, 0.5) is 0 Å². The molecule has 0 radical (unpaired) electrons. The maximum Gasteiger partial charge on any atom is 0.203 e. The monoisotopic (exact) mass is 266 g/mol. The van der Waals surface area contributed by atoms with Gasteiger partial charge in [-0.1, -0.05) is 60.7 Å². The summed E-state index contributed by atoms with van der Waals surface area (Å²) in [5, 5.41) is 9.34. The van der Waals surface area contributed by atoms with Gasteiger partial charge in [-0.15, -0.1) is 0 Å². The van der Waals surface area contributed by atoms with Crippen molar-refractivity contribution in [3.05, 3.63) is 71.8 Å². The van der Waals surface area contributed by atoms with E-state index >= 15 is 0 Å².